The first kappa shape index (κ1) is 18.2. The first-order chi connectivity index (χ1) is 11.7. The van der Waals surface area contributed by atoms with E-state index in [-0.39, 0.29) is 37.8 Å². The molecule has 0 aromatic heterocycles. The van der Waals surface area contributed by atoms with Crippen molar-refractivity contribution >= 4 is 33.5 Å². The van der Waals surface area contributed by atoms with Crippen LogP contribution in [0.2, 0.25) is 5.02 Å². The second kappa shape index (κ2) is 6.26. The standard InChI is InChI=1S/C16H19ClN2O5S/c1-2-25(23,24)19-8-11-7-18(9-16(11,10-19)15(21)22)14(20)12-5-3-4-6-13(12)17/h3-6,11H,2,7-10H2,1H3,(H,21,22)/t11-,16-/m0/s1. The molecule has 0 radical (unpaired) electrons. The largest absolute Gasteiger partial charge is 0.481 e. The van der Waals surface area contributed by atoms with Crippen LogP contribution in [0.15, 0.2) is 24.3 Å². The molecule has 2 aliphatic rings. The number of sulfonamides is 1. The molecule has 2 fully saturated rings. The predicted octanol–water partition coefficient (Wildman–Crippen LogP) is 1.15. The van der Waals surface area contributed by atoms with E-state index in [0.717, 1.165) is 0 Å². The van der Waals surface area contributed by atoms with Crippen LogP contribution in [0.5, 0.6) is 0 Å². The summed E-state index contributed by atoms with van der Waals surface area (Å²) >= 11 is 6.07. The maximum absolute atomic E-state index is 12.7. The van der Waals surface area contributed by atoms with Crippen LogP contribution in [0.3, 0.4) is 0 Å². The molecule has 25 heavy (non-hydrogen) atoms. The van der Waals surface area contributed by atoms with Crippen LogP contribution in [0.25, 0.3) is 0 Å². The maximum atomic E-state index is 12.7. The van der Waals surface area contributed by atoms with Crippen LogP contribution in [-0.4, -0.2) is 66.5 Å². The van der Waals surface area contributed by atoms with Gasteiger partial charge in [0.15, 0.2) is 0 Å². The van der Waals surface area contributed by atoms with Crippen molar-refractivity contribution in [3.05, 3.63) is 34.9 Å². The Morgan fingerprint density at radius 3 is 2.52 bits per heavy atom. The lowest BCUT2D eigenvalue weighted by molar-refractivity contribution is -0.148. The number of aliphatic carboxylic acids is 1. The zero-order chi connectivity index (χ0) is 18.4. The summed E-state index contributed by atoms with van der Waals surface area (Å²) in [5.74, 6) is -1.90. The van der Waals surface area contributed by atoms with Crippen LogP contribution < -0.4 is 0 Å². The lowest BCUT2D eigenvalue weighted by atomic mass is 9.81. The molecule has 0 bridgehead atoms. The summed E-state index contributed by atoms with van der Waals surface area (Å²) < 4.78 is 25.5. The SMILES string of the molecule is CCS(=O)(=O)N1C[C@@H]2CN(C(=O)c3ccccc3Cl)C[C@]2(C(=O)O)C1. The monoisotopic (exact) mass is 386 g/mol. The Labute approximate surface area is 151 Å². The van der Waals surface area contributed by atoms with Gasteiger partial charge in [0.25, 0.3) is 5.91 Å². The summed E-state index contributed by atoms with van der Waals surface area (Å²) in [6.07, 6.45) is 0. The molecule has 136 valence electrons. The predicted molar refractivity (Wildman–Crippen MR) is 91.9 cm³/mol. The van der Waals surface area contributed by atoms with Crippen molar-refractivity contribution in [1.29, 1.82) is 0 Å². The molecule has 2 aliphatic heterocycles. The Morgan fingerprint density at radius 1 is 1.28 bits per heavy atom. The number of benzene rings is 1. The van der Waals surface area contributed by atoms with Crippen LogP contribution >= 0.6 is 11.6 Å². The molecule has 1 amide bonds. The second-order valence-electron chi connectivity index (χ2n) is 6.52. The molecular formula is C16H19ClN2O5S. The van der Waals surface area contributed by atoms with Gasteiger partial charge in [-0.05, 0) is 19.1 Å². The van der Waals surface area contributed by atoms with Crippen molar-refractivity contribution in [1.82, 2.24) is 9.21 Å². The summed E-state index contributed by atoms with van der Waals surface area (Å²) in [6.45, 7) is 1.73. The average Bonchev–Trinajstić information content (AvgIpc) is 3.10. The van der Waals surface area contributed by atoms with E-state index in [9.17, 15) is 23.1 Å². The van der Waals surface area contributed by atoms with Gasteiger partial charge in [0.2, 0.25) is 10.0 Å². The maximum Gasteiger partial charge on any atom is 0.313 e. The fourth-order valence-electron chi connectivity index (χ4n) is 3.68. The molecule has 2 atom stereocenters. The minimum absolute atomic E-state index is 0.0210. The molecule has 0 unspecified atom stereocenters. The number of hydrogen-bond donors (Lipinski definition) is 1. The van der Waals surface area contributed by atoms with Gasteiger partial charge in [0.1, 0.15) is 5.41 Å². The molecule has 9 heteroatoms. The lowest BCUT2D eigenvalue weighted by Gasteiger charge is -2.25. The Kier molecular flexibility index (Phi) is 4.55. The topological polar surface area (TPSA) is 95.0 Å². The first-order valence-electron chi connectivity index (χ1n) is 7.96. The zero-order valence-electron chi connectivity index (χ0n) is 13.7. The van der Waals surface area contributed by atoms with Crippen LogP contribution in [-0.2, 0) is 14.8 Å². The smallest absolute Gasteiger partial charge is 0.313 e. The Morgan fingerprint density at radius 2 is 1.96 bits per heavy atom. The van der Waals surface area contributed by atoms with Crippen LogP contribution in [0.4, 0.5) is 0 Å². The molecule has 1 aromatic carbocycles. The number of fused-ring (bicyclic) bond motifs is 1. The highest BCUT2D eigenvalue weighted by Crippen LogP contribution is 2.44. The number of amides is 1. The number of likely N-dealkylation sites (tertiary alicyclic amines) is 1. The van der Waals surface area contributed by atoms with E-state index in [1.54, 1.807) is 24.3 Å². The summed E-state index contributed by atoms with van der Waals surface area (Å²) in [4.78, 5) is 26.1. The van der Waals surface area contributed by atoms with E-state index in [0.29, 0.717) is 10.6 Å². The number of carboxylic acid groups (broad SMARTS) is 1. The molecule has 2 saturated heterocycles. The third kappa shape index (κ3) is 2.92. The van der Waals surface area contributed by atoms with E-state index in [4.69, 9.17) is 11.6 Å². The summed E-state index contributed by atoms with van der Waals surface area (Å²) in [5, 5.41) is 10.1. The molecule has 1 aromatic rings. The second-order valence-corrected chi connectivity index (χ2v) is 9.18. The van der Waals surface area contributed by atoms with Crippen LogP contribution in [0.1, 0.15) is 17.3 Å². The molecule has 0 saturated carbocycles. The van der Waals surface area contributed by atoms with Crippen molar-refractivity contribution in [2.75, 3.05) is 31.9 Å². The highest BCUT2D eigenvalue weighted by atomic mass is 35.5. The van der Waals surface area contributed by atoms with E-state index in [1.165, 1.54) is 16.1 Å². The van der Waals surface area contributed by atoms with Gasteiger partial charge in [-0.2, -0.15) is 0 Å². The van der Waals surface area contributed by atoms with Gasteiger partial charge in [0.05, 0.1) is 16.3 Å². The first-order valence-corrected chi connectivity index (χ1v) is 9.95. The summed E-state index contributed by atoms with van der Waals surface area (Å²) in [7, 11) is -3.46. The van der Waals surface area contributed by atoms with Gasteiger partial charge < -0.3 is 10.0 Å². The highest BCUT2D eigenvalue weighted by molar-refractivity contribution is 7.89. The Hall–Kier alpha value is -1.64. The molecule has 2 heterocycles. The fourth-order valence-corrected chi connectivity index (χ4v) is 5.09. The number of carbonyl (C=O) groups is 2. The van der Waals surface area contributed by atoms with Gasteiger partial charge in [-0.3, -0.25) is 9.59 Å². The number of carboxylic acids is 1. The van der Waals surface area contributed by atoms with Gasteiger partial charge in [-0.15, -0.1) is 0 Å². The van der Waals surface area contributed by atoms with Crippen molar-refractivity contribution in [2.24, 2.45) is 11.3 Å². The number of halogens is 1. The van der Waals surface area contributed by atoms with E-state index in [2.05, 4.69) is 0 Å². The van der Waals surface area contributed by atoms with Gasteiger partial charge >= 0.3 is 5.97 Å². The van der Waals surface area contributed by atoms with Crippen LogP contribution in [0, 0.1) is 11.3 Å². The fraction of sp³-hybridized carbons (Fsp3) is 0.500. The minimum Gasteiger partial charge on any atom is -0.481 e. The number of nitrogens with zero attached hydrogens (tertiary/aromatic N) is 2. The van der Waals surface area contributed by atoms with E-state index >= 15 is 0 Å². The lowest BCUT2D eigenvalue weighted by Crippen LogP contribution is -2.43. The van der Waals surface area contributed by atoms with Gasteiger partial charge in [0, 0.05) is 32.1 Å². The normalized spacial score (nSPS) is 26.6. The molecule has 3 rings (SSSR count). The molecule has 0 aliphatic carbocycles. The quantitative estimate of drug-likeness (QED) is 0.837. The summed E-state index contributed by atoms with van der Waals surface area (Å²) in [5.41, 5.74) is -0.943. The minimum atomic E-state index is -3.46. The Balaban J connectivity index is 1.87. The molecule has 0 spiro atoms. The summed E-state index contributed by atoms with van der Waals surface area (Å²) in [6, 6.07) is 6.61. The van der Waals surface area contributed by atoms with Gasteiger partial charge in [-0.25, -0.2) is 12.7 Å². The third-order valence-electron chi connectivity index (χ3n) is 5.15. The zero-order valence-corrected chi connectivity index (χ0v) is 15.3. The van der Waals surface area contributed by atoms with Crippen molar-refractivity contribution in [3.63, 3.8) is 0 Å². The van der Waals surface area contributed by atoms with Crippen molar-refractivity contribution in [2.45, 2.75) is 6.92 Å². The highest BCUT2D eigenvalue weighted by Gasteiger charge is 2.60. The van der Waals surface area contributed by atoms with Gasteiger partial charge in [-0.1, -0.05) is 23.7 Å². The molecule has 7 nitrogen and oxygen atoms in total. The Bertz CT molecular complexity index is 828. The van der Waals surface area contributed by atoms with E-state index < -0.39 is 27.3 Å². The number of rotatable bonds is 4. The number of hydrogen-bond acceptors (Lipinski definition) is 4. The number of carbonyl (C=O) groups excluding carboxylic acids is 1. The molecule has 1 N–H and O–H groups in total. The molecular weight excluding hydrogens is 368 g/mol. The van der Waals surface area contributed by atoms with E-state index in [1.807, 2.05) is 0 Å². The third-order valence-corrected chi connectivity index (χ3v) is 7.28. The van der Waals surface area contributed by atoms with Crippen molar-refractivity contribution in [3.8, 4) is 0 Å². The van der Waals surface area contributed by atoms with Crippen molar-refractivity contribution < 1.29 is 23.1 Å². The average molecular weight is 387 g/mol.